The SMILES string of the molecule is C=Cc1c(Cc2ccccc2)c(=O)n(C)c2nc(S(C)(=O)=O)ncc12. The lowest BCUT2D eigenvalue weighted by atomic mass is 9.99. The Hall–Kier alpha value is -2.80. The number of aryl methyl sites for hydroxylation is 1. The summed E-state index contributed by atoms with van der Waals surface area (Å²) in [6.45, 7) is 3.80. The highest BCUT2D eigenvalue weighted by Gasteiger charge is 2.18. The first kappa shape index (κ1) is 17.0. The number of hydrogen-bond acceptors (Lipinski definition) is 5. The van der Waals surface area contributed by atoms with Gasteiger partial charge in [0.25, 0.3) is 5.56 Å². The molecule has 0 fully saturated rings. The molecular weight excluding hydrogens is 338 g/mol. The third kappa shape index (κ3) is 3.10. The zero-order valence-electron chi connectivity index (χ0n) is 13.9. The van der Waals surface area contributed by atoms with Crippen molar-refractivity contribution in [1.82, 2.24) is 14.5 Å². The molecule has 0 amide bonds. The molecule has 0 radical (unpaired) electrons. The van der Waals surface area contributed by atoms with Gasteiger partial charge in [0.1, 0.15) is 5.65 Å². The number of nitrogens with zero attached hydrogens (tertiary/aromatic N) is 3. The van der Waals surface area contributed by atoms with E-state index in [-0.39, 0.29) is 16.4 Å². The molecule has 25 heavy (non-hydrogen) atoms. The number of rotatable bonds is 4. The van der Waals surface area contributed by atoms with Crippen molar-refractivity contribution in [2.75, 3.05) is 6.26 Å². The van der Waals surface area contributed by atoms with E-state index >= 15 is 0 Å². The lowest BCUT2D eigenvalue weighted by Crippen LogP contribution is -2.24. The van der Waals surface area contributed by atoms with Crippen LogP contribution in [-0.4, -0.2) is 29.2 Å². The third-order valence-corrected chi connectivity index (χ3v) is 4.86. The second kappa shape index (κ2) is 6.25. The summed E-state index contributed by atoms with van der Waals surface area (Å²) in [4.78, 5) is 20.9. The molecule has 1 aromatic carbocycles. The smallest absolute Gasteiger partial charge is 0.256 e. The molecule has 128 valence electrons. The molecule has 7 heteroatoms. The summed E-state index contributed by atoms with van der Waals surface area (Å²) in [5.74, 6) is 0. The van der Waals surface area contributed by atoms with Crippen LogP contribution in [0.4, 0.5) is 0 Å². The second-order valence-electron chi connectivity index (χ2n) is 5.78. The van der Waals surface area contributed by atoms with Gasteiger partial charge in [-0.2, -0.15) is 4.98 Å². The van der Waals surface area contributed by atoms with Crippen molar-refractivity contribution in [1.29, 1.82) is 0 Å². The van der Waals surface area contributed by atoms with Gasteiger partial charge in [0.2, 0.25) is 15.0 Å². The number of fused-ring (bicyclic) bond motifs is 1. The summed E-state index contributed by atoms with van der Waals surface area (Å²) in [5, 5.41) is 0.288. The quantitative estimate of drug-likeness (QED) is 0.668. The third-order valence-electron chi connectivity index (χ3n) is 4.00. The Balaban J connectivity index is 2.31. The Kier molecular flexibility index (Phi) is 4.26. The van der Waals surface area contributed by atoms with Gasteiger partial charge < -0.3 is 0 Å². The monoisotopic (exact) mass is 355 g/mol. The van der Waals surface area contributed by atoms with Crippen LogP contribution in [-0.2, 0) is 23.3 Å². The molecule has 0 bridgehead atoms. The zero-order chi connectivity index (χ0) is 18.2. The van der Waals surface area contributed by atoms with E-state index in [0.717, 1.165) is 11.8 Å². The largest absolute Gasteiger partial charge is 0.295 e. The van der Waals surface area contributed by atoms with Crippen LogP contribution in [0.2, 0.25) is 0 Å². The van der Waals surface area contributed by atoms with Crippen LogP contribution in [0.25, 0.3) is 17.1 Å². The predicted octanol–water partition coefficient (Wildman–Crippen LogP) is 1.97. The van der Waals surface area contributed by atoms with Gasteiger partial charge in [-0.3, -0.25) is 9.36 Å². The normalized spacial score (nSPS) is 11.6. The molecular formula is C18H17N3O3S. The van der Waals surface area contributed by atoms with Crippen molar-refractivity contribution < 1.29 is 8.42 Å². The Morgan fingerprint density at radius 3 is 2.52 bits per heavy atom. The molecule has 6 nitrogen and oxygen atoms in total. The van der Waals surface area contributed by atoms with Crippen molar-refractivity contribution in [3.8, 4) is 0 Å². The van der Waals surface area contributed by atoms with E-state index in [4.69, 9.17) is 0 Å². The van der Waals surface area contributed by atoms with E-state index in [2.05, 4.69) is 16.5 Å². The first-order chi connectivity index (χ1) is 11.8. The zero-order valence-corrected chi connectivity index (χ0v) is 14.7. The average molecular weight is 355 g/mol. The van der Waals surface area contributed by atoms with E-state index in [1.54, 1.807) is 13.1 Å². The van der Waals surface area contributed by atoms with E-state index in [1.807, 2.05) is 30.3 Å². The maximum absolute atomic E-state index is 12.8. The number of sulfone groups is 1. The van der Waals surface area contributed by atoms with E-state index < -0.39 is 9.84 Å². The van der Waals surface area contributed by atoms with Gasteiger partial charge in [0.05, 0.1) is 0 Å². The van der Waals surface area contributed by atoms with E-state index in [1.165, 1.54) is 10.8 Å². The molecule has 2 heterocycles. The maximum Gasteiger partial charge on any atom is 0.256 e. The molecule has 0 aliphatic carbocycles. The molecule has 0 aliphatic rings. The van der Waals surface area contributed by atoms with Gasteiger partial charge in [-0.15, -0.1) is 0 Å². The average Bonchev–Trinajstić information content (AvgIpc) is 2.59. The molecule has 0 unspecified atom stereocenters. The highest BCUT2D eigenvalue weighted by Crippen LogP contribution is 2.22. The number of aromatic nitrogens is 3. The Morgan fingerprint density at radius 1 is 1.24 bits per heavy atom. The van der Waals surface area contributed by atoms with Gasteiger partial charge >= 0.3 is 0 Å². The van der Waals surface area contributed by atoms with Crippen LogP contribution in [0.3, 0.4) is 0 Å². The fourth-order valence-corrected chi connectivity index (χ4v) is 3.26. The highest BCUT2D eigenvalue weighted by atomic mass is 32.2. The predicted molar refractivity (Wildman–Crippen MR) is 97.2 cm³/mol. The Morgan fingerprint density at radius 2 is 1.92 bits per heavy atom. The van der Waals surface area contributed by atoms with Crippen molar-refractivity contribution in [3.63, 3.8) is 0 Å². The molecule has 0 atom stereocenters. The van der Waals surface area contributed by atoms with Gasteiger partial charge in [-0.25, -0.2) is 13.4 Å². The number of pyridine rings is 1. The fourth-order valence-electron chi connectivity index (χ4n) is 2.76. The molecule has 0 saturated heterocycles. The Bertz CT molecular complexity index is 1130. The minimum absolute atomic E-state index is 0.232. The molecule has 0 aliphatic heterocycles. The number of benzene rings is 1. The van der Waals surface area contributed by atoms with Gasteiger partial charge in [0.15, 0.2) is 0 Å². The molecule has 0 N–H and O–H groups in total. The summed E-state index contributed by atoms with van der Waals surface area (Å²) in [5.41, 5.74) is 2.24. The van der Waals surface area contributed by atoms with Crippen LogP contribution < -0.4 is 5.56 Å². The highest BCUT2D eigenvalue weighted by molar-refractivity contribution is 7.90. The lowest BCUT2D eigenvalue weighted by molar-refractivity contribution is 0.593. The second-order valence-corrected chi connectivity index (χ2v) is 7.69. The summed E-state index contributed by atoms with van der Waals surface area (Å²) >= 11 is 0. The van der Waals surface area contributed by atoms with Gasteiger partial charge in [-0.1, -0.05) is 43.0 Å². The molecule has 0 spiro atoms. The minimum Gasteiger partial charge on any atom is -0.295 e. The topological polar surface area (TPSA) is 81.9 Å². The molecule has 3 aromatic rings. The number of hydrogen-bond donors (Lipinski definition) is 0. The van der Waals surface area contributed by atoms with Gasteiger partial charge in [0, 0.05) is 36.9 Å². The lowest BCUT2D eigenvalue weighted by Gasteiger charge is -2.13. The van der Waals surface area contributed by atoms with Crippen LogP contribution in [0.1, 0.15) is 16.7 Å². The van der Waals surface area contributed by atoms with Crippen LogP contribution in [0, 0.1) is 0 Å². The van der Waals surface area contributed by atoms with Crippen LogP contribution >= 0.6 is 0 Å². The van der Waals surface area contributed by atoms with Crippen molar-refractivity contribution in [3.05, 3.63) is 70.2 Å². The summed E-state index contributed by atoms with van der Waals surface area (Å²) < 4.78 is 24.8. The first-order valence-electron chi connectivity index (χ1n) is 7.58. The summed E-state index contributed by atoms with van der Waals surface area (Å²) in [6.07, 6.45) is 4.50. The van der Waals surface area contributed by atoms with E-state index in [9.17, 15) is 13.2 Å². The minimum atomic E-state index is -3.57. The standard InChI is InChI=1S/C18H17N3O3S/c1-4-13-14(10-12-8-6-5-7-9-12)17(22)21(2)16-15(13)11-19-18(20-16)25(3,23)24/h4-9,11H,1,10H2,2-3H3. The molecule has 3 rings (SSSR count). The van der Waals surface area contributed by atoms with Crippen molar-refractivity contribution in [2.24, 2.45) is 7.05 Å². The molecule has 2 aromatic heterocycles. The summed E-state index contributed by atoms with van der Waals surface area (Å²) in [6, 6.07) is 9.63. The summed E-state index contributed by atoms with van der Waals surface area (Å²) in [7, 11) is -1.99. The van der Waals surface area contributed by atoms with E-state index in [0.29, 0.717) is 22.9 Å². The van der Waals surface area contributed by atoms with Crippen molar-refractivity contribution in [2.45, 2.75) is 11.6 Å². The van der Waals surface area contributed by atoms with Gasteiger partial charge in [-0.05, 0) is 11.1 Å². The van der Waals surface area contributed by atoms with Crippen LogP contribution in [0.15, 0.2) is 53.1 Å². The molecule has 0 saturated carbocycles. The fraction of sp³-hybridized carbons (Fsp3) is 0.167. The van der Waals surface area contributed by atoms with Crippen LogP contribution in [0.5, 0.6) is 0 Å². The Labute approximate surface area is 145 Å². The maximum atomic E-state index is 12.8. The van der Waals surface area contributed by atoms with Crippen molar-refractivity contribution >= 4 is 26.9 Å². The first-order valence-corrected chi connectivity index (χ1v) is 9.47.